The first-order valence-electron chi connectivity index (χ1n) is 6.40. The van der Waals surface area contributed by atoms with Crippen molar-refractivity contribution in [3.8, 4) is 0 Å². The van der Waals surface area contributed by atoms with Crippen LogP contribution in [0, 0.1) is 0 Å². The van der Waals surface area contributed by atoms with Crippen LogP contribution in [0.25, 0.3) is 11.0 Å². The van der Waals surface area contributed by atoms with Gasteiger partial charge in [-0.2, -0.15) is 0 Å². The molecule has 21 heavy (non-hydrogen) atoms. The highest BCUT2D eigenvalue weighted by molar-refractivity contribution is 5.98. The van der Waals surface area contributed by atoms with Crippen molar-refractivity contribution in [1.29, 1.82) is 0 Å². The molecule has 112 valence electrons. The minimum absolute atomic E-state index is 0.0178. The maximum absolute atomic E-state index is 12.0. The number of anilines is 1. The van der Waals surface area contributed by atoms with E-state index in [0.29, 0.717) is 23.1 Å². The van der Waals surface area contributed by atoms with E-state index >= 15 is 0 Å². The number of nitrogens with zero attached hydrogens (tertiary/aromatic N) is 2. The molecule has 0 atom stereocenters. The van der Waals surface area contributed by atoms with Gasteiger partial charge in [-0.25, -0.2) is 9.42 Å². The van der Waals surface area contributed by atoms with Gasteiger partial charge < -0.3 is 15.7 Å². The molecular formula is C13H16N4O4. The van der Waals surface area contributed by atoms with Crippen molar-refractivity contribution in [3.05, 3.63) is 18.2 Å². The van der Waals surface area contributed by atoms with Gasteiger partial charge in [0.05, 0.1) is 5.69 Å². The second kappa shape index (κ2) is 5.78. The Balaban J connectivity index is 2.01. The Morgan fingerprint density at radius 2 is 2.10 bits per heavy atom. The predicted octanol–water partition coefficient (Wildman–Crippen LogP) is 1.99. The molecule has 0 aliphatic carbocycles. The molecule has 3 N–H and O–H groups in total. The second-order valence-electron chi connectivity index (χ2n) is 5.29. The van der Waals surface area contributed by atoms with Crippen LogP contribution < -0.4 is 10.6 Å². The summed E-state index contributed by atoms with van der Waals surface area (Å²) in [5.41, 5.74) is 0.826. The van der Waals surface area contributed by atoms with Crippen LogP contribution >= 0.6 is 0 Å². The quantitative estimate of drug-likeness (QED) is 0.775. The van der Waals surface area contributed by atoms with E-state index in [1.165, 1.54) is 0 Å². The maximum atomic E-state index is 12.0. The molecule has 8 nitrogen and oxygen atoms in total. The van der Waals surface area contributed by atoms with Crippen molar-refractivity contribution in [2.45, 2.75) is 32.2 Å². The van der Waals surface area contributed by atoms with Gasteiger partial charge in [0, 0.05) is 12.0 Å². The fourth-order valence-corrected chi connectivity index (χ4v) is 1.85. The summed E-state index contributed by atoms with van der Waals surface area (Å²) in [5, 5.41) is 21.5. The topological polar surface area (TPSA) is 117 Å². The Hall–Kier alpha value is -2.64. The zero-order valence-electron chi connectivity index (χ0n) is 11.7. The molecule has 0 fully saturated rings. The molecule has 0 spiro atoms. The molecule has 0 radical (unpaired) electrons. The van der Waals surface area contributed by atoms with Gasteiger partial charge in [-0.1, -0.05) is 6.07 Å². The molecule has 2 amide bonds. The highest BCUT2D eigenvalue weighted by Crippen LogP contribution is 2.20. The highest BCUT2D eigenvalue weighted by Gasteiger charge is 2.22. The largest absolute Gasteiger partial charge is 0.481 e. The molecule has 2 rings (SSSR count). The fourth-order valence-electron chi connectivity index (χ4n) is 1.85. The number of urea groups is 1. The van der Waals surface area contributed by atoms with E-state index in [0.717, 1.165) is 0 Å². The molecule has 0 saturated carbocycles. The Morgan fingerprint density at radius 1 is 1.33 bits per heavy atom. The maximum Gasteiger partial charge on any atom is 0.319 e. The molecule has 2 aromatic rings. The van der Waals surface area contributed by atoms with Crippen molar-refractivity contribution < 1.29 is 19.3 Å². The van der Waals surface area contributed by atoms with Crippen molar-refractivity contribution >= 4 is 28.7 Å². The van der Waals surface area contributed by atoms with Gasteiger partial charge in [-0.15, -0.1) is 0 Å². The number of aliphatic carboxylic acids is 1. The normalized spacial score (nSPS) is 11.3. The summed E-state index contributed by atoms with van der Waals surface area (Å²) in [6.07, 6.45) is 0.307. The van der Waals surface area contributed by atoms with Crippen molar-refractivity contribution in [1.82, 2.24) is 15.6 Å². The first-order chi connectivity index (χ1) is 9.87. The van der Waals surface area contributed by atoms with Crippen LogP contribution in [0.1, 0.15) is 26.7 Å². The second-order valence-corrected chi connectivity index (χ2v) is 5.29. The lowest BCUT2D eigenvalue weighted by molar-refractivity contribution is -0.137. The molecule has 8 heteroatoms. The molecule has 0 bridgehead atoms. The van der Waals surface area contributed by atoms with Gasteiger partial charge in [-0.3, -0.25) is 4.79 Å². The monoisotopic (exact) mass is 292 g/mol. The number of nitrogens with one attached hydrogen (secondary N) is 2. The van der Waals surface area contributed by atoms with Gasteiger partial charge in [0.1, 0.15) is 5.52 Å². The third kappa shape index (κ3) is 3.91. The Morgan fingerprint density at radius 3 is 2.81 bits per heavy atom. The third-order valence-corrected chi connectivity index (χ3v) is 2.95. The standard InChI is InChI=1S/C13H16N4O4/c1-13(2,7-6-10(18)19)15-12(20)14-8-4-3-5-9-11(8)17-21-16-9/h3-5H,6-7H2,1-2H3,(H,18,19)(H2,14,15,20). The lowest BCUT2D eigenvalue weighted by atomic mass is 9.99. The van der Waals surface area contributed by atoms with Crippen molar-refractivity contribution in [3.63, 3.8) is 0 Å². The molecular weight excluding hydrogens is 276 g/mol. The van der Waals surface area contributed by atoms with Crippen LogP contribution in [0.3, 0.4) is 0 Å². The zero-order valence-corrected chi connectivity index (χ0v) is 11.7. The lowest BCUT2D eigenvalue weighted by Gasteiger charge is -2.25. The lowest BCUT2D eigenvalue weighted by Crippen LogP contribution is -2.45. The number of rotatable bonds is 5. The first kappa shape index (κ1) is 14.8. The smallest absolute Gasteiger partial charge is 0.319 e. The van der Waals surface area contributed by atoms with Gasteiger partial charge in [-0.05, 0) is 42.7 Å². The fraction of sp³-hybridized carbons (Fsp3) is 0.385. The number of carbonyl (C=O) groups excluding carboxylic acids is 1. The number of carboxylic acid groups (broad SMARTS) is 1. The number of hydrogen-bond acceptors (Lipinski definition) is 5. The van der Waals surface area contributed by atoms with E-state index < -0.39 is 17.5 Å². The van der Waals surface area contributed by atoms with E-state index in [2.05, 4.69) is 25.6 Å². The van der Waals surface area contributed by atoms with Crippen LogP contribution in [0.4, 0.5) is 10.5 Å². The number of benzene rings is 1. The SMILES string of the molecule is CC(C)(CCC(=O)O)NC(=O)Nc1cccc2nonc12. The van der Waals surface area contributed by atoms with Crippen LogP contribution in [-0.2, 0) is 4.79 Å². The number of hydrogen-bond donors (Lipinski definition) is 3. The van der Waals surface area contributed by atoms with Crippen molar-refractivity contribution in [2.75, 3.05) is 5.32 Å². The van der Waals surface area contributed by atoms with Gasteiger partial charge in [0.15, 0.2) is 5.52 Å². The average molecular weight is 292 g/mol. The van der Waals surface area contributed by atoms with Gasteiger partial charge >= 0.3 is 12.0 Å². The molecule has 0 aliphatic heterocycles. The number of aromatic nitrogens is 2. The summed E-state index contributed by atoms with van der Waals surface area (Å²) >= 11 is 0. The van der Waals surface area contributed by atoms with Crippen LogP contribution in [-0.4, -0.2) is 33.0 Å². The minimum Gasteiger partial charge on any atom is -0.481 e. The molecule has 1 aromatic heterocycles. The van der Waals surface area contributed by atoms with E-state index in [4.69, 9.17) is 5.11 Å². The van der Waals surface area contributed by atoms with E-state index in [1.54, 1.807) is 32.0 Å². The van der Waals surface area contributed by atoms with Gasteiger partial charge in [0.2, 0.25) is 0 Å². The summed E-state index contributed by atoms with van der Waals surface area (Å²) in [7, 11) is 0. The number of carboxylic acids is 1. The molecule has 1 heterocycles. The van der Waals surface area contributed by atoms with E-state index in [1.807, 2.05) is 0 Å². The zero-order chi connectivity index (χ0) is 15.5. The summed E-state index contributed by atoms with van der Waals surface area (Å²) in [6, 6.07) is 4.67. The molecule has 0 unspecified atom stereocenters. The summed E-state index contributed by atoms with van der Waals surface area (Å²) in [4.78, 5) is 22.6. The Labute approximate surface area is 120 Å². The average Bonchev–Trinajstić information content (AvgIpc) is 2.85. The Kier molecular flexibility index (Phi) is 4.06. The predicted molar refractivity (Wildman–Crippen MR) is 74.9 cm³/mol. The molecule has 1 aromatic carbocycles. The van der Waals surface area contributed by atoms with E-state index in [-0.39, 0.29) is 6.42 Å². The molecule has 0 aliphatic rings. The highest BCUT2D eigenvalue weighted by atomic mass is 16.6. The summed E-state index contributed by atoms with van der Waals surface area (Å²) in [5.74, 6) is -0.899. The number of fused-ring (bicyclic) bond motifs is 1. The van der Waals surface area contributed by atoms with Crippen LogP contribution in [0.5, 0.6) is 0 Å². The Bertz CT molecular complexity index is 665. The first-order valence-corrected chi connectivity index (χ1v) is 6.40. The minimum atomic E-state index is -0.899. The van der Waals surface area contributed by atoms with E-state index in [9.17, 15) is 9.59 Å². The number of carbonyl (C=O) groups is 2. The van der Waals surface area contributed by atoms with Crippen molar-refractivity contribution in [2.24, 2.45) is 0 Å². The summed E-state index contributed by atoms with van der Waals surface area (Å²) < 4.78 is 4.62. The molecule has 0 saturated heterocycles. The third-order valence-electron chi connectivity index (χ3n) is 2.95. The summed E-state index contributed by atoms with van der Waals surface area (Å²) in [6.45, 7) is 3.52. The van der Waals surface area contributed by atoms with Gasteiger partial charge in [0.25, 0.3) is 0 Å². The van der Waals surface area contributed by atoms with Crippen LogP contribution in [0.2, 0.25) is 0 Å². The number of amides is 2. The van der Waals surface area contributed by atoms with Crippen LogP contribution in [0.15, 0.2) is 22.8 Å².